The summed E-state index contributed by atoms with van der Waals surface area (Å²) < 4.78 is 18.6. The molecule has 0 unspecified atom stereocenters. The SMILES string of the molecule is N#C/C(=N\Nc1ccccc1F)C(=N)N1CCOCC1. The summed E-state index contributed by atoms with van der Waals surface area (Å²) in [6.07, 6.45) is 0. The highest BCUT2D eigenvalue weighted by Crippen LogP contribution is 2.12. The molecule has 2 N–H and O–H groups in total. The van der Waals surface area contributed by atoms with E-state index in [1.807, 2.05) is 6.07 Å². The van der Waals surface area contributed by atoms with Crippen molar-refractivity contribution in [1.82, 2.24) is 4.90 Å². The highest BCUT2D eigenvalue weighted by Gasteiger charge is 2.18. The van der Waals surface area contributed by atoms with Crippen LogP contribution in [0, 0.1) is 22.6 Å². The Labute approximate surface area is 116 Å². The fraction of sp³-hybridized carbons (Fsp3) is 0.308. The molecule has 2 rings (SSSR count). The minimum atomic E-state index is -0.466. The molecule has 0 atom stereocenters. The lowest BCUT2D eigenvalue weighted by molar-refractivity contribution is 0.0686. The Morgan fingerprint density at radius 1 is 1.40 bits per heavy atom. The molecule has 0 spiro atoms. The quantitative estimate of drug-likeness (QED) is 0.496. The Morgan fingerprint density at radius 3 is 2.75 bits per heavy atom. The van der Waals surface area contributed by atoms with Crippen LogP contribution in [0.5, 0.6) is 0 Å². The molecule has 6 nitrogen and oxygen atoms in total. The zero-order chi connectivity index (χ0) is 14.4. The van der Waals surface area contributed by atoms with Gasteiger partial charge in [-0.2, -0.15) is 10.4 Å². The molecule has 1 aliphatic rings. The molecule has 104 valence electrons. The second-order valence-electron chi connectivity index (χ2n) is 4.11. The molecule has 0 amide bonds. The van der Waals surface area contributed by atoms with Crippen LogP contribution in [0.4, 0.5) is 10.1 Å². The van der Waals surface area contributed by atoms with Crippen molar-refractivity contribution in [3.63, 3.8) is 0 Å². The van der Waals surface area contributed by atoms with Crippen LogP contribution < -0.4 is 5.43 Å². The highest BCUT2D eigenvalue weighted by molar-refractivity contribution is 6.46. The largest absolute Gasteiger partial charge is 0.378 e. The van der Waals surface area contributed by atoms with Crippen LogP contribution >= 0.6 is 0 Å². The molecular formula is C13H14FN5O. The topological polar surface area (TPSA) is 84.5 Å². The first-order chi connectivity index (χ1) is 9.72. The predicted molar refractivity (Wildman–Crippen MR) is 73.2 cm³/mol. The molecule has 7 heteroatoms. The van der Waals surface area contributed by atoms with Gasteiger partial charge in [0.25, 0.3) is 0 Å². The molecule has 0 saturated carbocycles. The summed E-state index contributed by atoms with van der Waals surface area (Å²) in [6.45, 7) is 2.11. The second kappa shape index (κ2) is 6.63. The summed E-state index contributed by atoms with van der Waals surface area (Å²) in [7, 11) is 0. The number of hydrogen-bond acceptors (Lipinski definition) is 5. The number of rotatable bonds is 3. The third-order valence-electron chi connectivity index (χ3n) is 2.82. The summed E-state index contributed by atoms with van der Waals surface area (Å²) in [5.41, 5.74) is 2.55. The smallest absolute Gasteiger partial charge is 0.202 e. The molecule has 1 aromatic rings. The molecule has 0 radical (unpaired) electrons. The monoisotopic (exact) mass is 275 g/mol. The van der Waals surface area contributed by atoms with E-state index in [4.69, 9.17) is 15.4 Å². The van der Waals surface area contributed by atoms with Crippen LogP contribution in [0.3, 0.4) is 0 Å². The van der Waals surface area contributed by atoms with E-state index in [9.17, 15) is 4.39 Å². The number of ether oxygens (including phenoxy) is 1. The first-order valence-corrected chi connectivity index (χ1v) is 6.12. The lowest BCUT2D eigenvalue weighted by Crippen LogP contribution is -2.43. The maximum atomic E-state index is 13.4. The predicted octanol–water partition coefficient (Wildman–Crippen LogP) is 1.43. The number of benzene rings is 1. The van der Waals surface area contributed by atoms with Crippen molar-refractivity contribution in [3.8, 4) is 6.07 Å². The summed E-state index contributed by atoms with van der Waals surface area (Å²) in [5, 5.41) is 20.8. The zero-order valence-electron chi connectivity index (χ0n) is 10.8. The van der Waals surface area contributed by atoms with Crippen LogP contribution in [0.1, 0.15) is 0 Å². The molecule has 0 bridgehead atoms. The van der Waals surface area contributed by atoms with Gasteiger partial charge < -0.3 is 9.64 Å². The average molecular weight is 275 g/mol. The van der Waals surface area contributed by atoms with Crippen molar-refractivity contribution in [3.05, 3.63) is 30.1 Å². The number of hydrazone groups is 1. The number of anilines is 1. The third-order valence-corrected chi connectivity index (χ3v) is 2.82. The molecule has 20 heavy (non-hydrogen) atoms. The van der Waals surface area contributed by atoms with E-state index in [0.29, 0.717) is 26.3 Å². The summed E-state index contributed by atoms with van der Waals surface area (Å²) in [6, 6.07) is 7.86. The van der Waals surface area contributed by atoms with E-state index in [2.05, 4.69) is 10.5 Å². The summed E-state index contributed by atoms with van der Waals surface area (Å²) in [5.74, 6) is -0.453. The van der Waals surface area contributed by atoms with Crippen LogP contribution in [-0.4, -0.2) is 42.8 Å². The maximum Gasteiger partial charge on any atom is 0.202 e. The number of para-hydroxylation sites is 1. The van der Waals surface area contributed by atoms with Gasteiger partial charge in [-0.25, -0.2) is 4.39 Å². The lowest BCUT2D eigenvalue weighted by Gasteiger charge is -2.28. The zero-order valence-corrected chi connectivity index (χ0v) is 10.8. The van der Waals surface area contributed by atoms with Crippen molar-refractivity contribution in [2.75, 3.05) is 31.7 Å². The van der Waals surface area contributed by atoms with Crippen molar-refractivity contribution in [2.45, 2.75) is 0 Å². The van der Waals surface area contributed by atoms with Crippen LogP contribution in [0.15, 0.2) is 29.4 Å². The minimum absolute atomic E-state index is 0.0136. The normalized spacial score (nSPS) is 15.6. The number of amidine groups is 1. The maximum absolute atomic E-state index is 13.4. The van der Waals surface area contributed by atoms with Crippen LogP contribution in [0.2, 0.25) is 0 Å². The first kappa shape index (κ1) is 14.0. The van der Waals surface area contributed by atoms with Gasteiger partial charge in [0.05, 0.1) is 18.9 Å². The van der Waals surface area contributed by atoms with Gasteiger partial charge in [0, 0.05) is 13.1 Å². The third kappa shape index (κ3) is 3.30. The average Bonchev–Trinajstić information content (AvgIpc) is 2.50. The first-order valence-electron chi connectivity index (χ1n) is 6.12. The Bertz CT molecular complexity index is 560. The molecule has 1 fully saturated rings. The van der Waals surface area contributed by atoms with E-state index < -0.39 is 5.82 Å². The molecule has 1 aliphatic heterocycles. The molecule has 1 saturated heterocycles. The second-order valence-corrected chi connectivity index (χ2v) is 4.11. The number of morpholine rings is 1. The Balaban J connectivity index is 2.08. The van der Waals surface area contributed by atoms with Crippen molar-refractivity contribution >= 4 is 17.2 Å². The van der Waals surface area contributed by atoms with Crippen molar-refractivity contribution in [2.24, 2.45) is 5.10 Å². The number of nitriles is 1. The van der Waals surface area contributed by atoms with E-state index in [1.165, 1.54) is 12.1 Å². The van der Waals surface area contributed by atoms with Gasteiger partial charge in [0.1, 0.15) is 11.9 Å². The fourth-order valence-corrected chi connectivity index (χ4v) is 1.74. The van der Waals surface area contributed by atoms with Gasteiger partial charge in [-0.3, -0.25) is 10.8 Å². The van der Waals surface area contributed by atoms with Gasteiger partial charge in [-0.1, -0.05) is 12.1 Å². The Kier molecular flexibility index (Phi) is 4.63. The van der Waals surface area contributed by atoms with E-state index in [-0.39, 0.29) is 17.2 Å². The van der Waals surface area contributed by atoms with E-state index >= 15 is 0 Å². The number of hydrogen-bond donors (Lipinski definition) is 2. The number of nitrogens with one attached hydrogen (secondary N) is 2. The van der Waals surface area contributed by atoms with Gasteiger partial charge in [-0.15, -0.1) is 0 Å². The van der Waals surface area contributed by atoms with E-state index in [0.717, 1.165) is 0 Å². The van der Waals surface area contributed by atoms with Crippen molar-refractivity contribution < 1.29 is 9.13 Å². The molecular weight excluding hydrogens is 261 g/mol. The van der Waals surface area contributed by atoms with Gasteiger partial charge in [0.2, 0.25) is 5.71 Å². The Morgan fingerprint density at radius 2 is 2.10 bits per heavy atom. The van der Waals surface area contributed by atoms with Crippen molar-refractivity contribution in [1.29, 1.82) is 10.7 Å². The Hall–Kier alpha value is -2.46. The lowest BCUT2D eigenvalue weighted by atomic mass is 10.3. The van der Waals surface area contributed by atoms with Gasteiger partial charge >= 0.3 is 0 Å². The summed E-state index contributed by atoms with van der Waals surface area (Å²) >= 11 is 0. The molecule has 0 aromatic heterocycles. The number of halogens is 1. The molecule has 1 heterocycles. The molecule has 0 aliphatic carbocycles. The number of nitrogens with zero attached hydrogens (tertiary/aromatic N) is 3. The van der Waals surface area contributed by atoms with Crippen LogP contribution in [-0.2, 0) is 4.74 Å². The van der Waals surface area contributed by atoms with E-state index in [1.54, 1.807) is 17.0 Å². The fourth-order valence-electron chi connectivity index (χ4n) is 1.74. The highest BCUT2D eigenvalue weighted by atomic mass is 19.1. The van der Waals surface area contributed by atoms with Crippen LogP contribution in [0.25, 0.3) is 0 Å². The minimum Gasteiger partial charge on any atom is -0.378 e. The van der Waals surface area contributed by atoms with Gasteiger partial charge in [-0.05, 0) is 12.1 Å². The van der Waals surface area contributed by atoms with Gasteiger partial charge in [0.15, 0.2) is 5.84 Å². The summed E-state index contributed by atoms with van der Waals surface area (Å²) in [4.78, 5) is 1.70. The molecule has 1 aromatic carbocycles. The standard InChI is InChI=1S/C13H14FN5O/c14-10-3-1-2-4-11(10)17-18-12(9-15)13(16)19-5-7-20-8-6-19/h1-4,16-17H,5-8H2/b16-13?,18-12+.